The first-order chi connectivity index (χ1) is 11.1. The van der Waals surface area contributed by atoms with Crippen LogP contribution in [0.1, 0.15) is 23.0 Å². The van der Waals surface area contributed by atoms with Crippen LogP contribution < -0.4 is 0 Å². The van der Waals surface area contributed by atoms with Gasteiger partial charge in [-0.25, -0.2) is 0 Å². The fraction of sp³-hybridized carbons (Fsp3) is 0.316. The summed E-state index contributed by atoms with van der Waals surface area (Å²) >= 11 is 0. The number of likely N-dealkylation sites (tertiary alicyclic amines) is 1. The molecule has 0 unspecified atom stereocenters. The van der Waals surface area contributed by atoms with Crippen molar-refractivity contribution in [3.8, 4) is 0 Å². The molecule has 2 aromatic rings. The molecular weight excluding hydrogens is 290 g/mol. The molecule has 3 rings (SSSR count). The molecule has 0 aliphatic carbocycles. The number of hydrogen-bond donors (Lipinski definition) is 1. The molecule has 1 aliphatic heterocycles. The largest absolute Gasteiger partial charge is 0.383 e. The third-order valence-electron chi connectivity index (χ3n) is 4.63. The fourth-order valence-electron chi connectivity index (χ4n) is 3.52. The Kier molecular flexibility index (Phi) is 4.46. The van der Waals surface area contributed by atoms with Gasteiger partial charge in [-0.2, -0.15) is 0 Å². The SMILES string of the molecule is CO[C@H]1[C@H](c2ccccc2)[C@@H](c2ccccc2)[C@H](O)C(=O)N1C. The Bertz CT molecular complexity index is 659. The topological polar surface area (TPSA) is 49.8 Å². The lowest BCUT2D eigenvalue weighted by Crippen LogP contribution is -2.56. The maximum atomic E-state index is 12.5. The van der Waals surface area contributed by atoms with Crippen LogP contribution in [0.15, 0.2) is 60.7 Å². The molecule has 1 fully saturated rings. The average molecular weight is 311 g/mol. The van der Waals surface area contributed by atoms with Crippen LogP contribution in [0.25, 0.3) is 0 Å². The van der Waals surface area contributed by atoms with E-state index < -0.39 is 12.3 Å². The van der Waals surface area contributed by atoms with Crippen molar-refractivity contribution in [2.45, 2.75) is 24.2 Å². The number of aliphatic hydroxyl groups excluding tert-OH is 1. The van der Waals surface area contributed by atoms with Crippen LogP contribution in [0.3, 0.4) is 0 Å². The quantitative estimate of drug-likeness (QED) is 0.947. The van der Waals surface area contributed by atoms with Gasteiger partial charge in [-0.1, -0.05) is 60.7 Å². The molecule has 1 N–H and O–H groups in total. The van der Waals surface area contributed by atoms with E-state index in [9.17, 15) is 9.90 Å². The summed E-state index contributed by atoms with van der Waals surface area (Å²) in [5.41, 5.74) is 1.99. The highest BCUT2D eigenvalue weighted by atomic mass is 16.5. The van der Waals surface area contributed by atoms with Gasteiger partial charge >= 0.3 is 0 Å². The standard InChI is InChI=1S/C19H21NO3/c1-20-18(22)17(21)15(13-9-5-3-6-10-13)16(19(20)23-2)14-11-7-4-8-12-14/h3-12,15-17,19,21H,1-2H3/t15-,16-,17+,19+/m1/s1. The van der Waals surface area contributed by atoms with E-state index in [0.29, 0.717) is 0 Å². The molecule has 0 spiro atoms. The third-order valence-corrected chi connectivity index (χ3v) is 4.63. The van der Waals surface area contributed by atoms with Gasteiger partial charge < -0.3 is 14.7 Å². The summed E-state index contributed by atoms with van der Waals surface area (Å²) in [6.07, 6.45) is -1.50. The molecule has 1 heterocycles. The number of benzene rings is 2. The Balaban J connectivity index is 2.13. The Morgan fingerprint density at radius 1 is 0.913 bits per heavy atom. The van der Waals surface area contributed by atoms with Crippen molar-refractivity contribution in [3.63, 3.8) is 0 Å². The Morgan fingerprint density at radius 3 is 1.87 bits per heavy atom. The first-order valence-corrected chi connectivity index (χ1v) is 7.72. The van der Waals surface area contributed by atoms with Crippen molar-refractivity contribution in [1.29, 1.82) is 0 Å². The summed E-state index contributed by atoms with van der Waals surface area (Å²) in [5, 5.41) is 10.7. The molecule has 0 radical (unpaired) electrons. The van der Waals surface area contributed by atoms with Crippen molar-refractivity contribution >= 4 is 5.91 Å². The second-order valence-corrected chi connectivity index (χ2v) is 5.89. The van der Waals surface area contributed by atoms with Gasteiger partial charge in [-0.05, 0) is 11.1 Å². The number of methoxy groups -OCH3 is 1. The van der Waals surface area contributed by atoms with Gasteiger partial charge in [0.05, 0.1) is 0 Å². The minimum atomic E-state index is -1.08. The highest BCUT2D eigenvalue weighted by molar-refractivity contribution is 5.83. The van der Waals surface area contributed by atoms with E-state index in [1.165, 1.54) is 4.90 Å². The fourth-order valence-corrected chi connectivity index (χ4v) is 3.52. The zero-order chi connectivity index (χ0) is 16.4. The first-order valence-electron chi connectivity index (χ1n) is 7.72. The summed E-state index contributed by atoms with van der Waals surface area (Å²) in [6, 6.07) is 19.6. The molecule has 120 valence electrons. The number of rotatable bonds is 3. The molecule has 4 heteroatoms. The third kappa shape index (κ3) is 2.76. The summed E-state index contributed by atoms with van der Waals surface area (Å²) in [6.45, 7) is 0. The molecule has 4 atom stereocenters. The van der Waals surface area contributed by atoms with Crippen molar-refractivity contribution < 1.29 is 14.6 Å². The van der Waals surface area contributed by atoms with Crippen molar-refractivity contribution in [1.82, 2.24) is 4.90 Å². The van der Waals surface area contributed by atoms with Gasteiger partial charge in [0.2, 0.25) is 0 Å². The molecule has 1 amide bonds. The zero-order valence-corrected chi connectivity index (χ0v) is 13.3. The Morgan fingerprint density at radius 2 is 1.39 bits per heavy atom. The molecule has 23 heavy (non-hydrogen) atoms. The predicted octanol–water partition coefficient (Wildman–Crippen LogP) is 2.36. The number of hydrogen-bond acceptors (Lipinski definition) is 3. The normalized spacial score (nSPS) is 28.0. The smallest absolute Gasteiger partial charge is 0.253 e. The Hall–Kier alpha value is -2.17. The van der Waals surface area contributed by atoms with E-state index in [1.807, 2.05) is 60.7 Å². The van der Waals surface area contributed by atoms with Gasteiger partial charge in [0.15, 0.2) is 0 Å². The number of likely N-dealkylation sites (N-methyl/N-ethyl adjacent to an activating group) is 1. The minimum Gasteiger partial charge on any atom is -0.383 e. The molecule has 1 saturated heterocycles. The summed E-state index contributed by atoms with van der Waals surface area (Å²) in [7, 11) is 3.28. The monoisotopic (exact) mass is 311 g/mol. The van der Waals surface area contributed by atoms with Crippen LogP contribution in [0.4, 0.5) is 0 Å². The van der Waals surface area contributed by atoms with Crippen molar-refractivity contribution in [2.24, 2.45) is 0 Å². The summed E-state index contributed by atoms with van der Waals surface area (Å²) in [4.78, 5) is 14.0. The van der Waals surface area contributed by atoms with Crippen LogP contribution in [0.2, 0.25) is 0 Å². The molecule has 0 aromatic heterocycles. The first kappa shape index (κ1) is 15.7. The maximum Gasteiger partial charge on any atom is 0.253 e. The Labute approximate surface area is 136 Å². The van der Waals surface area contributed by atoms with Crippen LogP contribution in [0.5, 0.6) is 0 Å². The van der Waals surface area contributed by atoms with E-state index in [0.717, 1.165) is 11.1 Å². The van der Waals surface area contributed by atoms with Crippen LogP contribution >= 0.6 is 0 Å². The molecule has 4 nitrogen and oxygen atoms in total. The van der Waals surface area contributed by atoms with Gasteiger partial charge in [0, 0.05) is 26.0 Å². The van der Waals surface area contributed by atoms with Crippen LogP contribution in [-0.4, -0.2) is 42.4 Å². The average Bonchev–Trinajstić information content (AvgIpc) is 2.61. The van der Waals surface area contributed by atoms with Gasteiger partial charge in [-0.3, -0.25) is 4.79 Å². The lowest BCUT2D eigenvalue weighted by Gasteiger charge is -2.45. The molecule has 2 aromatic carbocycles. The molecule has 1 aliphatic rings. The lowest BCUT2D eigenvalue weighted by atomic mass is 9.74. The number of nitrogens with zero attached hydrogens (tertiary/aromatic N) is 1. The molecule has 0 bridgehead atoms. The van der Waals surface area contributed by atoms with Crippen LogP contribution in [0, 0.1) is 0 Å². The lowest BCUT2D eigenvalue weighted by molar-refractivity contribution is -0.165. The zero-order valence-electron chi connectivity index (χ0n) is 13.3. The van der Waals surface area contributed by atoms with Crippen molar-refractivity contribution in [2.75, 3.05) is 14.2 Å². The number of aliphatic hydroxyl groups is 1. The molecule has 0 saturated carbocycles. The van der Waals surface area contributed by atoms with E-state index in [4.69, 9.17) is 4.74 Å². The summed E-state index contributed by atoms with van der Waals surface area (Å²) in [5.74, 6) is -0.786. The summed E-state index contributed by atoms with van der Waals surface area (Å²) < 4.78 is 5.63. The number of carbonyl (C=O) groups is 1. The van der Waals surface area contributed by atoms with E-state index in [-0.39, 0.29) is 17.7 Å². The van der Waals surface area contributed by atoms with E-state index in [2.05, 4.69) is 0 Å². The maximum absolute atomic E-state index is 12.5. The second-order valence-electron chi connectivity index (χ2n) is 5.89. The highest BCUT2D eigenvalue weighted by Crippen LogP contribution is 2.43. The van der Waals surface area contributed by atoms with Gasteiger partial charge in [0.1, 0.15) is 12.3 Å². The van der Waals surface area contributed by atoms with Crippen molar-refractivity contribution in [3.05, 3.63) is 71.8 Å². The number of amides is 1. The van der Waals surface area contributed by atoms with Crippen LogP contribution in [-0.2, 0) is 9.53 Å². The number of ether oxygens (including phenoxy) is 1. The number of carbonyl (C=O) groups excluding carboxylic acids is 1. The predicted molar refractivity (Wildman–Crippen MR) is 87.9 cm³/mol. The highest BCUT2D eigenvalue weighted by Gasteiger charge is 2.48. The van der Waals surface area contributed by atoms with Gasteiger partial charge in [0.25, 0.3) is 5.91 Å². The van der Waals surface area contributed by atoms with E-state index >= 15 is 0 Å². The minimum absolute atomic E-state index is 0.138. The molecular formula is C19H21NO3. The number of piperidine rings is 1. The van der Waals surface area contributed by atoms with E-state index in [1.54, 1.807) is 14.2 Å². The second kappa shape index (κ2) is 6.52. The van der Waals surface area contributed by atoms with Gasteiger partial charge in [-0.15, -0.1) is 0 Å².